The molecular formula is C26H32N2O6. The Balaban J connectivity index is 1.62. The Morgan fingerprint density at radius 2 is 1.62 bits per heavy atom. The van der Waals surface area contributed by atoms with Crippen LogP contribution in [0.1, 0.15) is 49.7 Å². The van der Waals surface area contributed by atoms with Crippen molar-refractivity contribution in [3.8, 4) is 11.1 Å². The number of alkyl carbamates (subject to hydrolysis) is 1. The highest BCUT2D eigenvalue weighted by Gasteiger charge is 2.30. The minimum Gasteiger partial charge on any atom is -0.481 e. The molecule has 1 aliphatic rings. The second-order valence-corrected chi connectivity index (χ2v) is 8.42. The van der Waals surface area contributed by atoms with Crippen molar-refractivity contribution >= 4 is 18.0 Å². The predicted octanol–water partition coefficient (Wildman–Crippen LogP) is 3.69. The summed E-state index contributed by atoms with van der Waals surface area (Å²) in [4.78, 5) is 36.5. The second-order valence-electron chi connectivity index (χ2n) is 8.42. The number of methoxy groups -OCH3 is 1. The van der Waals surface area contributed by atoms with Gasteiger partial charge in [0.05, 0.1) is 13.0 Å². The molecule has 0 spiro atoms. The van der Waals surface area contributed by atoms with Gasteiger partial charge in [-0.1, -0.05) is 68.3 Å². The summed E-state index contributed by atoms with van der Waals surface area (Å²) in [5.74, 6) is -1.59. The minimum atomic E-state index is -1.00. The number of unbranched alkanes of at least 4 members (excludes halogenated alkanes) is 1. The number of nitrogens with one attached hydrogen (secondary N) is 2. The average Bonchev–Trinajstić information content (AvgIpc) is 3.14. The van der Waals surface area contributed by atoms with Crippen molar-refractivity contribution in [1.29, 1.82) is 0 Å². The van der Waals surface area contributed by atoms with E-state index in [0.717, 1.165) is 35.1 Å². The zero-order valence-corrected chi connectivity index (χ0v) is 19.6. The Hall–Kier alpha value is -3.39. The van der Waals surface area contributed by atoms with E-state index in [2.05, 4.69) is 22.8 Å². The van der Waals surface area contributed by atoms with E-state index in [4.69, 9.17) is 14.6 Å². The molecule has 2 atom stereocenters. The van der Waals surface area contributed by atoms with Crippen LogP contribution in [0.25, 0.3) is 11.1 Å². The monoisotopic (exact) mass is 468 g/mol. The third kappa shape index (κ3) is 6.35. The standard InChI is InChI=1S/C26H32N2O6/c1-3-4-9-17(14-24(29)30)27-25(31)23(16-33-2)28-26(32)34-15-22-20-12-7-5-10-18(20)19-11-6-8-13-21(19)22/h5-8,10-13,17,22-23H,3-4,9,14-16H2,1-2H3,(H,27,31)(H,28,32)(H,29,30). The molecule has 2 aromatic rings. The first-order chi connectivity index (χ1) is 16.4. The summed E-state index contributed by atoms with van der Waals surface area (Å²) in [6.45, 7) is 2.05. The van der Waals surface area contributed by atoms with E-state index in [1.165, 1.54) is 7.11 Å². The number of aliphatic carboxylic acids is 1. The first-order valence-corrected chi connectivity index (χ1v) is 11.6. The first-order valence-electron chi connectivity index (χ1n) is 11.6. The number of benzene rings is 2. The quantitative estimate of drug-likeness (QED) is 0.438. The SMILES string of the molecule is CCCCC(CC(=O)O)NC(=O)C(COC)NC(=O)OCC1c2ccccc2-c2ccccc21. The van der Waals surface area contributed by atoms with Crippen molar-refractivity contribution in [3.05, 3.63) is 59.7 Å². The molecule has 3 rings (SSSR count). The molecule has 34 heavy (non-hydrogen) atoms. The number of carbonyl (C=O) groups is 3. The fourth-order valence-corrected chi connectivity index (χ4v) is 4.32. The summed E-state index contributed by atoms with van der Waals surface area (Å²) in [6, 6.07) is 14.5. The fraction of sp³-hybridized carbons (Fsp3) is 0.423. The van der Waals surface area contributed by atoms with E-state index < -0.39 is 30.1 Å². The minimum absolute atomic E-state index is 0.0659. The number of amides is 2. The summed E-state index contributed by atoms with van der Waals surface area (Å²) in [5, 5.41) is 14.4. The van der Waals surface area contributed by atoms with Gasteiger partial charge in [0.2, 0.25) is 5.91 Å². The third-order valence-corrected chi connectivity index (χ3v) is 5.96. The summed E-state index contributed by atoms with van der Waals surface area (Å²) < 4.78 is 10.6. The highest BCUT2D eigenvalue weighted by molar-refractivity contribution is 5.86. The van der Waals surface area contributed by atoms with Crippen molar-refractivity contribution < 1.29 is 29.0 Å². The number of ether oxygens (including phenoxy) is 2. The molecule has 0 radical (unpaired) electrons. The highest BCUT2D eigenvalue weighted by atomic mass is 16.5. The van der Waals surface area contributed by atoms with Crippen molar-refractivity contribution in [2.45, 2.75) is 50.6 Å². The van der Waals surface area contributed by atoms with Crippen LogP contribution in [-0.2, 0) is 19.1 Å². The van der Waals surface area contributed by atoms with Gasteiger partial charge in [-0.05, 0) is 28.7 Å². The van der Waals surface area contributed by atoms with Gasteiger partial charge in [-0.2, -0.15) is 0 Å². The lowest BCUT2D eigenvalue weighted by Gasteiger charge is -2.22. The maximum Gasteiger partial charge on any atom is 0.407 e. The van der Waals surface area contributed by atoms with Crippen molar-refractivity contribution in [2.24, 2.45) is 0 Å². The van der Waals surface area contributed by atoms with E-state index in [0.29, 0.717) is 6.42 Å². The third-order valence-electron chi connectivity index (χ3n) is 5.96. The summed E-state index contributed by atoms with van der Waals surface area (Å²) in [7, 11) is 1.42. The van der Waals surface area contributed by atoms with Gasteiger partial charge in [-0.3, -0.25) is 9.59 Å². The zero-order valence-electron chi connectivity index (χ0n) is 19.6. The van der Waals surface area contributed by atoms with Gasteiger partial charge in [-0.25, -0.2) is 4.79 Å². The molecule has 8 nitrogen and oxygen atoms in total. The Morgan fingerprint density at radius 3 is 2.18 bits per heavy atom. The van der Waals surface area contributed by atoms with Crippen LogP contribution in [0, 0.1) is 0 Å². The maximum atomic E-state index is 12.8. The molecule has 1 aliphatic carbocycles. The van der Waals surface area contributed by atoms with Gasteiger partial charge in [0, 0.05) is 19.1 Å². The maximum absolute atomic E-state index is 12.8. The van der Waals surface area contributed by atoms with E-state index in [1.807, 2.05) is 43.3 Å². The largest absolute Gasteiger partial charge is 0.481 e. The van der Waals surface area contributed by atoms with Gasteiger partial charge in [0.25, 0.3) is 0 Å². The van der Waals surface area contributed by atoms with Crippen LogP contribution in [0.2, 0.25) is 0 Å². The fourth-order valence-electron chi connectivity index (χ4n) is 4.32. The summed E-state index contributed by atoms with van der Waals surface area (Å²) >= 11 is 0. The Morgan fingerprint density at radius 1 is 1.00 bits per heavy atom. The number of rotatable bonds is 12. The molecule has 0 fully saturated rings. The van der Waals surface area contributed by atoms with Crippen LogP contribution >= 0.6 is 0 Å². The molecule has 8 heteroatoms. The molecule has 3 N–H and O–H groups in total. The van der Waals surface area contributed by atoms with Gasteiger partial charge in [-0.15, -0.1) is 0 Å². The lowest BCUT2D eigenvalue weighted by atomic mass is 9.98. The van der Waals surface area contributed by atoms with Gasteiger partial charge in [0.15, 0.2) is 0 Å². The van der Waals surface area contributed by atoms with Crippen LogP contribution in [0.3, 0.4) is 0 Å². The van der Waals surface area contributed by atoms with E-state index >= 15 is 0 Å². The van der Waals surface area contributed by atoms with Crippen LogP contribution in [0.15, 0.2) is 48.5 Å². The van der Waals surface area contributed by atoms with Crippen LogP contribution in [0.5, 0.6) is 0 Å². The molecule has 182 valence electrons. The molecule has 2 amide bonds. The number of hydrogen-bond acceptors (Lipinski definition) is 5. The van der Waals surface area contributed by atoms with E-state index in [1.54, 1.807) is 0 Å². The molecule has 0 aromatic heterocycles. The van der Waals surface area contributed by atoms with Crippen LogP contribution in [0.4, 0.5) is 4.79 Å². The summed E-state index contributed by atoms with van der Waals surface area (Å²) in [6.07, 6.45) is 1.29. The van der Waals surface area contributed by atoms with Crippen molar-refractivity contribution in [1.82, 2.24) is 10.6 Å². The Bertz CT molecular complexity index is 963. The van der Waals surface area contributed by atoms with E-state index in [-0.39, 0.29) is 25.6 Å². The highest BCUT2D eigenvalue weighted by Crippen LogP contribution is 2.44. The number of fused-ring (bicyclic) bond motifs is 3. The van der Waals surface area contributed by atoms with Crippen LogP contribution in [-0.4, -0.2) is 55.5 Å². The van der Waals surface area contributed by atoms with Gasteiger partial charge >= 0.3 is 12.1 Å². The zero-order chi connectivity index (χ0) is 24.5. The molecule has 0 saturated heterocycles. The van der Waals surface area contributed by atoms with Crippen molar-refractivity contribution in [2.75, 3.05) is 20.3 Å². The van der Waals surface area contributed by atoms with E-state index in [9.17, 15) is 14.4 Å². The smallest absolute Gasteiger partial charge is 0.407 e. The number of hydrogen-bond donors (Lipinski definition) is 3. The molecule has 0 heterocycles. The Kier molecular flexibility index (Phi) is 9.04. The van der Waals surface area contributed by atoms with Crippen molar-refractivity contribution in [3.63, 3.8) is 0 Å². The molecular weight excluding hydrogens is 436 g/mol. The van der Waals surface area contributed by atoms with Gasteiger partial charge < -0.3 is 25.2 Å². The predicted molar refractivity (Wildman–Crippen MR) is 128 cm³/mol. The number of carbonyl (C=O) groups excluding carboxylic acids is 2. The lowest BCUT2D eigenvalue weighted by Crippen LogP contribution is -2.52. The molecule has 2 aromatic carbocycles. The topological polar surface area (TPSA) is 114 Å². The normalized spacial score (nSPS) is 13.9. The number of carboxylic acid groups (broad SMARTS) is 1. The lowest BCUT2D eigenvalue weighted by molar-refractivity contribution is -0.137. The second kappa shape index (κ2) is 12.2. The molecule has 0 bridgehead atoms. The first kappa shape index (κ1) is 25.2. The molecule has 0 aliphatic heterocycles. The average molecular weight is 469 g/mol. The molecule has 2 unspecified atom stereocenters. The van der Waals surface area contributed by atoms with Gasteiger partial charge in [0.1, 0.15) is 12.6 Å². The van der Waals surface area contributed by atoms with Crippen LogP contribution < -0.4 is 10.6 Å². The Labute approximate surface area is 199 Å². The number of carboxylic acids is 1. The summed E-state index contributed by atoms with van der Waals surface area (Å²) in [5.41, 5.74) is 4.44. The molecule has 0 saturated carbocycles.